The van der Waals surface area contributed by atoms with Crippen LogP contribution in [0.25, 0.3) is 0 Å². The predicted octanol–water partition coefficient (Wildman–Crippen LogP) is 1.71. The Labute approximate surface area is 90.9 Å². The van der Waals surface area contributed by atoms with E-state index in [9.17, 15) is 0 Å². The maximum absolute atomic E-state index is 8.88. The highest BCUT2D eigenvalue weighted by Gasteiger charge is 2.04. The quantitative estimate of drug-likeness (QED) is 0.776. The molecule has 3 nitrogen and oxygen atoms in total. The fraction of sp³-hybridized carbons (Fsp3) is 0.500. The summed E-state index contributed by atoms with van der Waals surface area (Å²) in [5.41, 5.74) is 6.60. The number of ether oxygens (including phenoxy) is 1. The highest BCUT2D eigenvalue weighted by Crippen LogP contribution is 2.16. The summed E-state index contributed by atoms with van der Waals surface area (Å²) in [6.45, 7) is 4.89. The lowest BCUT2D eigenvalue weighted by Crippen LogP contribution is -2.14. The SMILES string of the molecule is CC(C)COc1ccc(C(N)CO)cc1. The maximum Gasteiger partial charge on any atom is 0.119 e. The van der Waals surface area contributed by atoms with Crippen LogP contribution in [0.15, 0.2) is 24.3 Å². The standard InChI is InChI=1S/C12H19NO2/c1-9(2)8-15-11-5-3-10(4-6-11)12(13)7-14/h3-6,9,12,14H,7-8,13H2,1-2H3. The first-order valence-corrected chi connectivity index (χ1v) is 5.22. The topological polar surface area (TPSA) is 55.5 Å². The van der Waals surface area contributed by atoms with Gasteiger partial charge in [0.15, 0.2) is 0 Å². The highest BCUT2D eigenvalue weighted by atomic mass is 16.5. The number of hydrogen-bond acceptors (Lipinski definition) is 3. The average Bonchev–Trinajstić information content (AvgIpc) is 2.26. The Bertz CT molecular complexity index is 282. The maximum atomic E-state index is 8.88. The molecule has 0 fully saturated rings. The van der Waals surface area contributed by atoms with Crippen molar-refractivity contribution in [2.45, 2.75) is 19.9 Å². The zero-order valence-corrected chi connectivity index (χ0v) is 9.31. The zero-order chi connectivity index (χ0) is 11.3. The third-order valence-electron chi connectivity index (χ3n) is 2.09. The Morgan fingerprint density at radius 3 is 2.33 bits per heavy atom. The molecule has 0 aliphatic rings. The molecule has 3 heteroatoms. The summed E-state index contributed by atoms with van der Waals surface area (Å²) in [7, 11) is 0. The minimum Gasteiger partial charge on any atom is -0.493 e. The lowest BCUT2D eigenvalue weighted by molar-refractivity contribution is 0.266. The molecule has 0 aliphatic heterocycles. The predicted molar refractivity (Wildman–Crippen MR) is 60.8 cm³/mol. The number of aliphatic hydroxyl groups is 1. The van der Waals surface area contributed by atoms with E-state index in [4.69, 9.17) is 15.6 Å². The number of rotatable bonds is 5. The lowest BCUT2D eigenvalue weighted by Gasteiger charge is -2.11. The average molecular weight is 209 g/mol. The van der Waals surface area contributed by atoms with Gasteiger partial charge >= 0.3 is 0 Å². The van der Waals surface area contributed by atoms with Crippen LogP contribution in [0, 0.1) is 5.92 Å². The van der Waals surface area contributed by atoms with Crippen molar-refractivity contribution in [1.82, 2.24) is 0 Å². The van der Waals surface area contributed by atoms with Gasteiger partial charge < -0.3 is 15.6 Å². The van der Waals surface area contributed by atoms with Gasteiger partial charge in [-0.1, -0.05) is 26.0 Å². The largest absolute Gasteiger partial charge is 0.493 e. The Hall–Kier alpha value is -1.06. The molecule has 1 atom stereocenters. The second kappa shape index (κ2) is 5.73. The van der Waals surface area contributed by atoms with Gasteiger partial charge in [-0.25, -0.2) is 0 Å². The van der Waals surface area contributed by atoms with E-state index in [1.807, 2.05) is 24.3 Å². The van der Waals surface area contributed by atoms with Gasteiger partial charge in [-0.3, -0.25) is 0 Å². The molecule has 0 amide bonds. The van der Waals surface area contributed by atoms with Gasteiger partial charge in [-0.15, -0.1) is 0 Å². The van der Waals surface area contributed by atoms with Gasteiger partial charge in [0.25, 0.3) is 0 Å². The summed E-state index contributed by atoms with van der Waals surface area (Å²) in [4.78, 5) is 0. The normalized spacial score (nSPS) is 12.9. The zero-order valence-electron chi connectivity index (χ0n) is 9.31. The van der Waals surface area contributed by atoms with Gasteiger partial charge in [0, 0.05) is 0 Å². The van der Waals surface area contributed by atoms with E-state index >= 15 is 0 Å². The Kier molecular flexibility index (Phi) is 4.59. The molecule has 1 unspecified atom stereocenters. The monoisotopic (exact) mass is 209 g/mol. The third-order valence-corrected chi connectivity index (χ3v) is 2.09. The Morgan fingerprint density at radius 1 is 1.27 bits per heavy atom. The van der Waals surface area contributed by atoms with Gasteiger partial charge in [0.2, 0.25) is 0 Å². The van der Waals surface area contributed by atoms with Crippen molar-refractivity contribution in [1.29, 1.82) is 0 Å². The lowest BCUT2D eigenvalue weighted by atomic mass is 10.1. The summed E-state index contributed by atoms with van der Waals surface area (Å²) in [6.07, 6.45) is 0. The molecule has 1 rings (SSSR count). The van der Waals surface area contributed by atoms with Crippen LogP contribution in [0.5, 0.6) is 5.75 Å². The van der Waals surface area contributed by atoms with Crippen molar-refractivity contribution in [2.24, 2.45) is 11.7 Å². The van der Waals surface area contributed by atoms with Gasteiger partial charge in [-0.05, 0) is 23.6 Å². The van der Waals surface area contributed by atoms with E-state index < -0.39 is 0 Å². The number of aliphatic hydroxyl groups excluding tert-OH is 1. The van der Waals surface area contributed by atoms with Gasteiger partial charge in [0.1, 0.15) is 5.75 Å². The first kappa shape index (κ1) is 12.0. The van der Waals surface area contributed by atoms with Crippen LogP contribution in [0.2, 0.25) is 0 Å². The van der Waals surface area contributed by atoms with Crippen molar-refractivity contribution >= 4 is 0 Å². The molecule has 0 aromatic heterocycles. The fourth-order valence-electron chi connectivity index (χ4n) is 1.18. The van der Waals surface area contributed by atoms with Crippen LogP contribution in [0.4, 0.5) is 0 Å². The van der Waals surface area contributed by atoms with Crippen LogP contribution in [-0.2, 0) is 0 Å². The minimum atomic E-state index is -0.302. The molecule has 0 aliphatic carbocycles. The molecule has 3 N–H and O–H groups in total. The summed E-state index contributed by atoms with van der Waals surface area (Å²) < 4.78 is 5.53. The molecular weight excluding hydrogens is 190 g/mol. The van der Waals surface area contributed by atoms with Crippen LogP contribution in [0.3, 0.4) is 0 Å². The van der Waals surface area contributed by atoms with E-state index in [1.54, 1.807) is 0 Å². The van der Waals surface area contributed by atoms with Crippen LogP contribution >= 0.6 is 0 Å². The molecular formula is C12H19NO2. The molecule has 1 aromatic rings. The molecule has 0 saturated heterocycles. The summed E-state index contributed by atoms with van der Waals surface area (Å²) in [5.74, 6) is 1.36. The third kappa shape index (κ3) is 3.90. The Morgan fingerprint density at radius 2 is 1.87 bits per heavy atom. The van der Waals surface area contributed by atoms with Crippen LogP contribution < -0.4 is 10.5 Å². The van der Waals surface area contributed by atoms with Crippen molar-refractivity contribution in [3.8, 4) is 5.75 Å². The summed E-state index contributed by atoms with van der Waals surface area (Å²) in [5, 5.41) is 8.88. The molecule has 0 saturated carbocycles. The summed E-state index contributed by atoms with van der Waals surface area (Å²) in [6, 6.07) is 7.23. The van der Waals surface area contributed by atoms with Gasteiger partial charge in [0.05, 0.1) is 19.3 Å². The minimum absolute atomic E-state index is 0.0355. The van der Waals surface area contributed by atoms with E-state index in [1.165, 1.54) is 0 Å². The van der Waals surface area contributed by atoms with E-state index in [0.717, 1.165) is 11.3 Å². The highest BCUT2D eigenvalue weighted by molar-refractivity contribution is 5.29. The second-order valence-corrected chi connectivity index (χ2v) is 4.06. The molecule has 0 spiro atoms. The number of benzene rings is 1. The van der Waals surface area contributed by atoms with Gasteiger partial charge in [-0.2, -0.15) is 0 Å². The van der Waals surface area contributed by atoms with E-state index in [2.05, 4.69) is 13.8 Å². The first-order valence-electron chi connectivity index (χ1n) is 5.22. The first-order chi connectivity index (χ1) is 7.13. The molecule has 15 heavy (non-hydrogen) atoms. The van der Waals surface area contributed by atoms with Crippen molar-refractivity contribution < 1.29 is 9.84 Å². The molecule has 1 aromatic carbocycles. The smallest absolute Gasteiger partial charge is 0.119 e. The van der Waals surface area contributed by atoms with E-state index in [-0.39, 0.29) is 12.6 Å². The molecule has 84 valence electrons. The van der Waals surface area contributed by atoms with Crippen LogP contribution in [-0.4, -0.2) is 18.3 Å². The molecule has 0 bridgehead atoms. The molecule has 0 radical (unpaired) electrons. The van der Waals surface area contributed by atoms with E-state index in [0.29, 0.717) is 12.5 Å². The van der Waals surface area contributed by atoms with Crippen molar-refractivity contribution in [2.75, 3.05) is 13.2 Å². The Balaban J connectivity index is 2.56. The number of hydrogen-bond donors (Lipinski definition) is 2. The number of nitrogens with two attached hydrogens (primary N) is 1. The second-order valence-electron chi connectivity index (χ2n) is 4.06. The van der Waals surface area contributed by atoms with Crippen molar-refractivity contribution in [3.05, 3.63) is 29.8 Å². The van der Waals surface area contributed by atoms with Crippen molar-refractivity contribution in [3.63, 3.8) is 0 Å². The van der Waals surface area contributed by atoms with Crippen LogP contribution in [0.1, 0.15) is 25.5 Å². The fourth-order valence-corrected chi connectivity index (χ4v) is 1.18. The summed E-state index contributed by atoms with van der Waals surface area (Å²) >= 11 is 0. The molecule has 0 heterocycles.